The molecule has 0 fully saturated rings. The number of amides is 1. The molecule has 0 spiro atoms. The van der Waals surface area contributed by atoms with Crippen molar-refractivity contribution in [1.29, 1.82) is 0 Å². The largest absolute Gasteiger partial charge is 0.333 e. The number of nitrogens with one attached hydrogen (secondary N) is 1. The molecule has 0 radical (unpaired) electrons. The van der Waals surface area contributed by atoms with Gasteiger partial charge in [0, 0.05) is 7.05 Å². The van der Waals surface area contributed by atoms with Gasteiger partial charge < -0.3 is 4.90 Å². The van der Waals surface area contributed by atoms with Crippen LogP contribution in [0.4, 0.5) is 0 Å². The number of hydrogen-bond acceptors (Lipinski definition) is 6. The lowest BCUT2D eigenvalue weighted by atomic mass is 10.3. The van der Waals surface area contributed by atoms with Gasteiger partial charge in [-0.15, -0.1) is 5.10 Å². The van der Waals surface area contributed by atoms with E-state index in [2.05, 4.69) is 24.8 Å². The van der Waals surface area contributed by atoms with E-state index < -0.39 is 0 Å². The SMILES string of the molecule is Cc1nc(CN(C)C(=O)c2snnc2C)n[nH]1. The number of carbonyl (C=O) groups is 1. The summed E-state index contributed by atoms with van der Waals surface area (Å²) in [5.74, 6) is 1.21. The molecule has 0 aliphatic rings. The molecule has 7 nitrogen and oxygen atoms in total. The van der Waals surface area contributed by atoms with Gasteiger partial charge >= 0.3 is 0 Å². The Hall–Kier alpha value is -1.83. The maximum Gasteiger partial charge on any atom is 0.267 e. The second-order valence-electron chi connectivity index (χ2n) is 3.69. The molecule has 90 valence electrons. The number of nitrogens with zero attached hydrogens (tertiary/aromatic N) is 5. The van der Waals surface area contributed by atoms with Crippen LogP contribution in [0.2, 0.25) is 0 Å². The molecule has 2 heterocycles. The second-order valence-corrected chi connectivity index (χ2v) is 4.44. The van der Waals surface area contributed by atoms with E-state index in [1.807, 2.05) is 6.92 Å². The summed E-state index contributed by atoms with van der Waals surface area (Å²) >= 11 is 1.10. The number of aromatic amines is 1. The zero-order valence-corrected chi connectivity index (χ0v) is 10.6. The molecule has 2 rings (SSSR count). The fraction of sp³-hybridized carbons (Fsp3) is 0.444. The Balaban J connectivity index is 2.08. The van der Waals surface area contributed by atoms with Gasteiger partial charge in [0.25, 0.3) is 5.91 Å². The van der Waals surface area contributed by atoms with E-state index in [1.165, 1.54) is 0 Å². The van der Waals surface area contributed by atoms with Crippen molar-refractivity contribution in [3.63, 3.8) is 0 Å². The smallest absolute Gasteiger partial charge is 0.267 e. The van der Waals surface area contributed by atoms with Gasteiger partial charge in [-0.3, -0.25) is 9.89 Å². The lowest BCUT2D eigenvalue weighted by molar-refractivity contribution is 0.0785. The van der Waals surface area contributed by atoms with Crippen LogP contribution >= 0.6 is 11.5 Å². The van der Waals surface area contributed by atoms with Crippen LogP contribution in [0.5, 0.6) is 0 Å². The fourth-order valence-corrected chi connectivity index (χ4v) is 2.00. The number of aromatic nitrogens is 5. The summed E-state index contributed by atoms with van der Waals surface area (Å²) in [7, 11) is 1.70. The number of aryl methyl sites for hydroxylation is 2. The molecule has 1 N–H and O–H groups in total. The summed E-state index contributed by atoms with van der Waals surface area (Å²) in [6.45, 7) is 3.94. The van der Waals surface area contributed by atoms with Crippen molar-refractivity contribution in [3.05, 3.63) is 22.2 Å². The first kappa shape index (κ1) is 11.6. The van der Waals surface area contributed by atoms with Crippen molar-refractivity contribution in [2.24, 2.45) is 0 Å². The molecular formula is C9H12N6OS. The van der Waals surface area contributed by atoms with Crippen molar-refractivity contribution < 1.29 is 4.79 Å². The van der Waals surface area contributed by atoms with Gasteiger partial charge in [-0.25, -0.2) is 4.98 Å². The Labute approximate surface area is 102 Å². The van der Waals surface area contributed by atoms with Crippen molar-refractivity contribution in [2.45, 2.75) is 20.4 Å². The van der Waals surface area contributed by atoms with Gasteiger partial charge in [-0.05, 0) is 25.4 Å². The highest BCUT2D eigenvalue weighted by molar-refractivity contribution is 7.07. The normalized spacial score (nSPS) is 10.5. The van der Waals surface area contributed by atoms with Crippen LogP contribution in [-0.2, 0) is 6.54 Å². The molecule has 0 aliphatic carbocycles. The summed E-state index contributed by atoms with van der Waals surface area (Å²) in [5, 5.41) is 10.5. The molecular weight excluding hydrogens is 240 g/mol. The van der Waals surface area contributed by atoms with E-state index in [9.17, 15) is 4.79 Å². The van der Waals surface area contributed by atoms with Crippen LogP contribution in [0.15, 0.2) is 0 Å². The monoisotopic (exact) mass is 252 g/mol. The molecule has 2 aromatic heterocycles. The van der Waals surface area contributed by atoms with Gasteiger partial charge in [0.05, 0.1) is 12.2 Å². The summed E-state index contributed by atoms with van der Waals surface area (Å²) in [5.41, 5.74) is 0.651. The third-order valence-corrected chi connectivity index (χ3v) is 3.03. The molecule has 0 saturated carbocycles. The summed E-state index contributed by atoms with van der Waals surface area (Å²) in [6.07, 6.45) is 0. The minimum absolute atomic E-state index is 0.111. The Morgan fingerprint density at radius 1 is 1.47 bits per heavy atom. The topological polar surface area (TPSA) is 87.7 Å². The fourth-order valence-electron chi connectivity index (χ4n) is 1.34. The maximum absolute atomic E-state index is 12.0. The molecule has 0 atom stereocenters. The second kappa shape index (κ2) is 4.58. The zero-order valence-electron chi connectivity index (χ0n) is 9.76. The van der Waals surface area contributed by atoms with E-state index in [1.54, 1.807) is 18.9 Å². The molecule has 0 aliphatic heterocycles. The van der Waals surface area contributed by atoms with Crippen LogP contribution in [0, 0.1) is 13.8 Å². The molecule has 0 unspecified atom stereocenters. The van der Waals surface area contributed by atoms with E-state index >= 15 is 0 Å². The first-order chi connectivity index (χ1) is 8.08. The number of rotatable bonds is 3. The Morgan fingerprint density at radius 2 is 2.24 bits per heavy atom. The first-order valence-corrected chi connectivity index (χ1v) is 5.77. The van der Waals surface area contributed by atoms with Crippen LogP contribution in [0.25, 0.3) is 0 Å². The van der Waals surface area contributed by atoms with Crippen molar-refractivity contribution >= 4 is 17.4 Å². The molecule has 0 bridgehead atoms. The number of hydrogen-bond donors (Lipinski definition) is 1. The molecule has 8 heteroatoms. The van der Waals surface area contributed by atoms with Crippen LogP contribution in [-0.4, -0.2) is 42.6 Å². The Bertz CT molecular complexity index is 533. The summed E-state index contributed by atoms with van der Waals surface area (Å²) < 4.78 is 3.74. The zero-order chi connectivity index (χ0) is 12.4. The Morgan fingerprint density at radius 3 is 2.76 bits per heavy atom. The molecule has 0 saturated heterocycles. The van der Waals surface area contributed by atoms with E-state index in [0.717, 1.165) is 17.4 Å². The lowest BCUT2D eigenvalue weighted by Gasteiger charge is -2.13. The standard InChI is InChI=1S/C9H12N6OS/c1-5-8(17-14-11-5)9(16)15(3)4-7-10-6(2)12-13-7/h4H2,1-3H3,(H,10,12,13). The number of carbonyl (C=O) groups excluding carboxylic acids is 1. The van der Waals surface area contributed by atoms with Crippen LogP contribution in [0.1, 0.15) is 27.0 Å². The van der Waals surface area contributed by atoms with E-state index in [4.69, 9.17) is 0 Å². The lowest BCUT2D eigenvalue weighted by Crippen LogP contribution is -2.26. The van der Waals surface area contributed by atoms with Crippen LogP contribution < -0.4 is 0 Å². The van der Waals surface area contributed by atoms with Crippen LogP contribution in [0.3, 0.4) is 0 Å². The van der Waals surface area contributed by atoms with Gasteiger partial charge in [0.15, 0.2) is 5.82 Å². The van der Waals surface area contributed by atoms with Gasteiger partial charge in [-0.1, -0.05) is 4.49 Å². The van der Waals surface area contributed by atoms with Crippen molar-refractivity contribution in [3.8, 4) is 0 Å². The molecule has 2 aromatic rings. The third kappa shape index (κ3) is 2.47. The average Bonchev–Trinajstić information content (AvgIpc) is 2.86. The minimum Gasteiger partial charge on any atom is -0.333 e. The molecule has 1 amide bonds. The minimum atomic E-state index is -0.111. The third-order valence-electron chi connectivity index (χ3n) is 2.21. The predicted octanol–water partition coefficient (Wildman–Crippen LogP) is 0.545. The maximum atomic E-state index is 12.0. The number of H-pyrrole nitrogens is 1. The van der Waals surface area contributed by atoms with Gasteiger partial charge in [0.1, 0.15) is 10.7 Å². The molecule has 0 aromatic carbocycles. The quantitative estimate of drug-likeness (QED) is 0.861. The summed E-state index contributed by atoms with van der Waals surface area (Å²) in [4.78, 5) is 18.3. The predicted molar refractivity (Wildman–Crippen MR) is 61.6 cm³/mol. The molecule has 17 heavy (non-hydrogen) atoms. The highest BCUT2D eigenvalue weighted by atomic mass is 32.1. The summed E-state index contributed by atoms with van der Waals surface area (Å²) in [6, 6.07) is 0. The van der Waals surface area contributed by atoms with Gasteiger partial charge in [0.2, 0.25) is 0 Å². The Kier molecular flexibility index (Phi) is 3.14. The van der Waals surface area contributed by atoms with Gasteiger partial charge in [-0.2, -0.15) is 5.10 Å². The van der Waals surface area contributed by atoms with E-state index in [-0.39, 0.29) is 5.91 Å². The highest BCUT2D eigenvalue weighted by Gasteiger charge is 2.18. The van der Waals surface area contributed by atoms with Crippen molar-refractivity contribution in [1.82, 2.24) is 29.7 Å². The van der Waals surface area contributed by atoms with E-state index in [0.29, 0.717) is 22.9 Å². The highest BCUT2D eigenvalue weighted by Crippen LogP contribution is 2.12. The van der Waals surface area contributed by atoms with Crippen molar-refractivity contribution in [2.75, 3.05) is 7.05 Å². The average molecular weight is 252 g/mol. The first-order valence-electron chi connectivity index (χ1n) is 5.00.